The molecule has 3 fully saturated rings. The first-order chi connectivity index (χ1) is 13.7. The second-order valence-electron chi connectivity index (χ2n) is 9.30. The molecule has 0 spiro atoms. The molecule has 1 amide bonds. The zero-order chi connectivity index (χ0) is 19.3. The SMILES string of the molecule is NC(=O)c1ccccc1C1CC2CCC(C1)N2CCCNCC1CCCCC1. The smallest absolute Gasteiger partial charge is 0.248 e. The predicted octanol–water partition coefficient (Wildman–Crippen LogP) is 4.06. The van der Waals surface area contributed by atoms with Crippen LogP contribution in [0.2, 0.25) is 0 Å². The fraction of sp³-hybridized carbons (Fsp3) is 0.708. The number of hydrogen-bond acceptors (Lipinski definition) is 3. The Morgan fingerprint density at radius 1 is 1.04 bits per heavy atom. The first kappa shape index (κ1) is 19.9. The standard InChI is InChI=1S/C24H37N3O/c25-24(28)23-10-5-4-9-22(23)19-15-20-11-12-21(16-19)27(20)14-6-13-26-17-18-7-2-1-3-8-18/h4-5,9-10,18-21,26H,1-3,6-8,11-17H2,(H2,25,28). The van der Waals surface area contributed by atoms with Crippen molar-refractivity contribution in [1.82, 2.24) is 10.2 Å². The summed E-state index contributed by atoms with van der Waals surface area (Å²) in [5.74, 6) is 1.13. The summed E-state index contributed by atoms with van der Waals surface area (Å²) in [5.41, 5.74) is 7.54. The summed E-state index contributed by atoms with van der Waals surface area (Å²) in [5, 5.41) is 3.72. The molecule has 1 aromatic rings. The van der Waals surface area contributed by atoms with Crippen molar-refractivity contribution >= 4 is 5.91 Å². The molecule has 3 N–H and O–H groups in total. The van der Waals surface area contributed by atoms with Crippen LogP contribution in [0.5, 0.6) is 0 Å². The van der Waals surface area contributed by atoms with Crippen molar-refractivity contribution in [2.45, 2.75) is 82.2 Å². The molecule has 4 heteroatoms. The Morgan fingerprint density at radius 2 is 1.75 bits per heavy atom. The van der Waals surface area contributed by atoms with E-state index in [0.717, 1.165) is 18.0 Å². The number of nitrogens with zero attached hydrogens (tertiary/aromatic N) is 1. The van der Waals surface area contributed by atoms with Crippen LogP contribution in [-0.4, -0.2) is 42.5 Å². The Balaban J connectivity index is 1.25. The lowest BCUT2D eigenvalue weighted by atomic mass is 9.82. The van der Waals surface area contributed by atoms with Crippen molar-refractivity contribution in [3.63, 3.8) is 0 Å². The van der Waals surface area contributed by atoms with Crippen LogP contribution in [0.3, 0.4) is 0 Å². The minimum absolute atomic E-state index is 0.283. The van der Waals surface area contributed by atoms with Crippen LogP contribution in [0.1, 0.15) is 86.0 Å². The maximum Gasteiger partial charge on any atom is 0.248 e. The highest BCUT2D eigenvalue weighted by Gasteiger charge is 2.41. The third-order valence-electron chi connectivity index (χ3n) is 7.48. The summed E-state index contributed by atoms with van der Waals surface area (Å²) in [4.78, 5) is 14.6. The minimum Gasteiger partial charge on any atom is -0.366 e. The van der Waals surface area contributed by atoms with Gasteiger partial charge in [0.15, 0.2) is 0 Å². The first-order valence-electron chi connectivity index (χ1n) is 11.6. The number of nitrogens with two attached hydrogens (primary N) is 1. The molecule has 0 radical (unpaired) electrons. The van der Waals surface area contributed by atoms with Crippen LogP contribution >= 0.6 is 0 Å². The lowest BCUT2D eigenvalue weighted by Gasteiger charge is -2.39. The molecule has 1 saturated carbocycles. The number of primary amides is 1. The van der Waals surface area contributed by atoms with E-state index >= 15 is 0 Å². The van der Waals surface area contributed by atoms with E-state index in [4.69, 9.17) is 5.73 Å². The van der Waals surface area contributed by atoms with Gasteiger partial charge in [-0.1, -0.05) is 37.5 Å². The van der Waals surface area contributed by atoms with Gasteiger partial charge in [0.25, 0.3) is 0 Å². The average molecular weight is 384 g/mol. The number of rotatable bonds is 8. The number of piperidine rings is 1. The molecule has 3 aliphatic rings. The van der Waals surface area contributed by atoms with Gasteiger partial charge in [0, 0.05) is 17.6 Å². The minimum atomic E-state index is -0.283. The predicted molar refractivity (Wildman–Crippen MR) is 115 cm³/mol. The van der Waals surface area contributed by atoms with Gasteiger partial charge in [-0.05, 0) is 88.0 Å². The van der Waals surface area contributed by atoms with Crippen LogP contribution in [0, 0.1) is 5.92 Å². The van der Waals surface area contributed by atoms with E-state index in [2.05, 4.69) is 16.3 Å². The molecule has 154 valence electrons. The zero-order valence-electron chi connectivity index (χ0n) is 17.2. The Hall–Kier alpha value is -1.39. The van der Waals surface area contributed by atoms with Crippen LogP contribution in [-0.2, 0) is 0 Å². The Kier molecular flexibility index (Phi) is 6.69. The zero-order valence-corrected chi connectivity index (χ0v) is 17.2. The van der Waals surface area contributed by atoms with Gasteiger partial charge < -0.3 is 11.1 Å². The van der Waals surface area contributed by atoms with Crippen molar-refractivity contribution in [1.29, 1.82) is 0 Å². The second-order valence-corrected chi connectivity index (χ2v) is 9.30. The number of carbonyl (C=O) groups is 1. The summed E-state index contributed by atoms with van der Waals surface area (Å²) in [6, 6.07) is 9.35. The average Bonchev–Trinajstić information content (AvgIpc) is 2.95. The van der Waals surface area contributed by atoms with Crippen molar-refractivity contribution in [2.75, 3.05) is 19.6 Å². The van der Waals surface area contributed by atoms with E-state index in [1.807, 2.05) is 18.2 Å². The quantitative estimate of drug-likeness (QED) is 0.666. The first-order valence-corrected chi connectivity index (χ1v) is 11.6. The number of nitrogens with one attached hydrogen (secondary N) is 1. The normalized spacial score (nSPS) is 28.5. The van der Waals surface area contributed by atoms with Crippen molar-refractivity contribution < 1.29 is 4.79 Å². The Morgan fingerprint density at radius 3 is 2.46 bits per heavy atom. The monoisotopic (exact) mass is 383 g/mol. The van der Waals surface area contributed by atoms with Gasteiger partial charge in [-0.25, -0.2) is 0 Å². The molecule has 0 aromatic heterocycles. The van der Waals surface area contributed by atoms with Gasteiger partial charge in [-0.15, -0.1) is 0 Å². The van der Waals surface area contributed by atoms with Gasteiger partial charge in [-0.3, -0.25) is 9.69 Å². The molecular formula is C24H37N3O. The van der Waals surface area contributed by atoms with E-state index in [-0.39, 0.29) is 5.91 Å². The molecule has 2 saturated heterocycles. The lowest BCUT2D eigenvalue weighted by molar-refractivity contribution is 0.0993. The van der Waals surface area contributed by atoms with E-state index in [0.29, 0.717) is 18.0 Å². The molecule has 2 unspecified atom stereocenters. The molecule has 28 heavy (non-hydrogen) atoms. The van der Waals surface area contributed by atoms with Crippen LogP contribution in [0.25, 0.3) is 0 Å². The maximum atomic E-state index is 11.8. The van der Waals surface area contributed by atoms with E-state index in [1.54, 1.807) is 0 Å². The fourth-order valence-corrected chi connectivity index (χ4v) is 6.05. The summed E-state index contributed by atoms with van der Waals surface area (Å²) >= 11 is 0. The summed E-state index contributed by atoms with van der Waals surface area (Å²) < 4.78 is 0. The van der Waals surface area contributed by atoms with E-state index in [1.165, 1.54) is 82.9 Å². The number of amides is 1. The third-order valence-corrected chi connectivity index (χ3v) is 7.48. The van der Waals surface area contributed by atoms with Crippen LogP contribution < -0.4 is 11.1 Å². The van der Waals surface area contributed by atoms with Crippen molar-refractivity contribution in [3.8, 4) is 0 Å². The molecule has 1 aliphatic carbocycles. The number of benzene rings is 1. The molecule has 2 aliphatic heterocycles. The van der Waals surface area contributed by atoms with Crippen molar-refractivity contribution in [2.24, 2.45) is 11.7 Å². The van der Waals surface area contributed by atoms with Crippen molar-refractivity contribution in [3.05, 3.63) is 35.4 Å². The molecule has 1 aromatic carbocycles. The number of carbonyl (C=O) groups excluding carboxylic acids is 1. The molecule has 2 bridgehead atoms. The Bertz CT molecular complexity index is 641. The number of fused-ring (bicyclic) bond motifs is 2. The highest BCUT2D eigenvalue weighted by atomic mass is 16.1. The second kappa shape index (κ2) is 9.41. The van der Waals surface area contributed by atoms with Gasteiger partial charge in [0.1, 0.15) is 0 Å². The molecule has 4 nitrogen and oxygen atoms in total. The van der Waals surface area contributed by atoms with Gasteiger partial charge in [0.2, 0.25) is 5.91 Å². The molecule has 2 atom stereocenters. The number of hydrogen-bond donors (Lipinski definition) is 2. The summed E-state index contributed by atoms with van der Waals surface area (Å²) in [6.45, 7) is 3.59. The van der Waals surface area contributed by atoms with Gasteiger partial charge >= 0.3 is 0 Å². The largest absolute Gasteiger partial charge is 0.366 e. The van der Waals surface area contributed by atoms with Gasteiger partial charge in [0.05, 0.1) is 0 Å². The molecule has 2 heterocycles. The maximum absolute atomic E-state index is 11.8. The fourth-order valence-electron chi connectivity index (χ4n) is 6.05. The Labute approximate surface area is 170 Å². The topological polar surface area (TPSA) is 58.4 Å². The van der Waals surface area contributed by atoms with E-state index < -0.39 is 0 Å². The highest BCUT2D eigenvalue weighted by molar-refractivity contribution is 5.94. The molecule has 4 rings (SSSR count). The summed E-state index contributed by atoms with van der Waals surface area (Å²) in [6.07, 6.45) is 13.4. The lowest BCUT2D eigenvalue weighted by Crippen LogP contribution is -2.43. The summed E-state index contributed by atoms with van der Waals surface area (Å²) in [7, 11) is 0. The van der Waals surface area contributed by atoms with E-state index in [9.17, 15) is 4.79 Å². The third kappa shape index (κ3) is 4.60. The highest BCUT2D eigenvalue weighted by Crippen LogP contribution is 2.43. The molecular weight excluding hydrogens is 346 g/mol. The van der Waals surface area contributed by atoms with Gasteiger partial charge in [-0.2, -0.15) is 0 Å². The van der Waals surface area contributed by atoms with Crippen LogP contribution in [0.4, 0.5) is 0 Å². The van der Waals surface area contributed by atoms with Crippen LogP contribution in [0.15, 0.2) is 24.3 Å².